The maximum Gasteiger partial charge on any atom is 0.338 e. The average Bonchev–Trinajstić information content (AvgIpc) is 3.34. The summed E-state index contributed by atoms with van der Waals surface area (Å²) in [5.41, 5.74) is 0.397. The number of sulfonamides is 1. The van der Waals surface area contributed by atoms with Crippen LogP contribution in [0, 0.1) is 11.3 Å². The van der Waals surface area contributed by atoms with E-state index in [1.54, 1.807) is 30.3 Å². The Morgan fingerprint density at radius 2 is 2.00 bits per heavy atom. The summed E-state index contributed by atoms with van der Waals surface area (Å²) in [6, 6.07) is 14.0. The molecule has 9 nitrogen and oxygen atoms in total. The smallest absolute Gasteiger partial charge is 0.338 e. The van der Waals surface area contributed by atoms with Gasteiger partial charge in [0.15, 0.2) is 6.61 Å². The first-order chi connectivity index (χ1) is 15.8. The molecular weight excluding hydrogens is 470 g/mol. The molecule has 2 aromatic rings. The van der Waals surface area contributed by atoms with Gasteiger partial charge < -0.3 is 9.47 Å². The van der Waals surface area contributed by atoms with Crippen molar-refractivity contribution in [3.05, 3.63) is 59.1 Å². The molecular formula is C22H22ClN3O6S. The van der Waals surface area contributed by atoms with E-state index in [0.717, 1.165) is 18.9 Å². The third-order valence-corrected chi connectivity index (χ3v) is 6.81. The van der Waals surface area contributed by atoms with E-state index < -0.39 is 28.5 Å². The number of nitrogens with one attached hydrogen (secondary N) is 1. The first-order valence-corrected chi connectivity index (χ1v) is 12.0. The number of esters is 1. The molecule has 0 aliphatic carbocycles. The summed E-state index contributed by atoms with van der Waals surface area (Å²) in [5.74, 6) is -1.50. The number of rotatable bonds is 9. The first kappa shape index (κ1) is 24.7. The summed E-state index contributed by atoms with van der Waals surface area (Å²) in [4.78, 5) is 25.9. The van der Waals surface area contributed by atoms with Gasteiger partial charge in [0.05, 0.1) is 22.8 Å². The number of benzene rings is 2. The highest BCUT2D eigenvalue weighted by molar-refractivity contribution is 7.89. The molecule has 3 rings (SSSR count). The van der Waals surface area contributed by atoms with E-state index in [0.29, 0.717) is 12.3 Å². The molecule has 0 unspecified atom stereocenters. The van der Waals surface area contributed by atoms with E-state index in [4.69, 9.17) is 26.3 Å². The van der Waals surface area contributed by atoms with Crippen molar-refractivity contribution in [2.75, 3.05) is 31.2 Å². The maximum absolute atomic E-state index is 12.7. The van der Waals surface area contributed by atoms with Crippen LogP contribution in [-0.4, -0.2) is 52.7 Å². The molecule has 174 valence electrons. The van der Waals surface area contributed by atoms with Crippen LogP contribution in [0.4, 0.5) is 5.69 Å². The van der Waals surface area contributed by atoms with E-state index in [2.05, 4.69) is 4.72 Å². The predicted octanol–water partition coefficient (Wildman–Crippen LogP) is 2.51. The molecule has 0 saturated carbocycles. The topological polar surface area (TPSA) is 126 Å². The second-order valence-corrected chi connectivity index (χ2v) is 9.32. The van der Waals surface area contributed by atoms with Crippen molar-refractivity contribution in [1.82, 2.24) is 4.72 Å². The zero-order chi connectivity index (χ0) is 23.8. The van der Waals surface area contributed by atoms with Crippen LogP contribution in [0.5, 0.6) is 0 Å². The van der Waals surface area contributed by atoms with Gasteiger partial charge in [0.25, 0.3) is 5.91 Å². The Morgan fingerprint density at radius 1 is 1.24 bits per heavy atom. The molecule has 1 saturated heterocycles. The molecule has 1 atom stereocenters. The number of carbonyl (C=O) groups excluding carboxylic acids is 2. The summed E-state index contributed by atoms with van der Waals surface area (Å²) in [6.07, 6.45) is 1.41. The summed E-state index contributed by atoms with van der Waals surface area (Å²) < 4.78 is 38.3. The fourth-order valence-corrected chi connectivity index (χ4v) is 4.80. The Labute approximate surface area is 196 Å². The van der Waals surface area contributed by atoms with Crippen LogP contribution in [0.25, 0.3) is 0 Å². The Bertz CT molecular complexity index is 1140. The number of ether oxygens (including phenoxy) is 2. The van der Waals surface area contributed by atoms with Gasteiger partial charge >= 0.3 is 5.97 Å². The lowest BCUT2D eigenvalue weighted by Crippen LogP contribution is -2.35. The zero-order valence-corrected chi connectivity index (χ0v) is 19.1. The second-order valence-electron chi connectivity index (χ2n) is 7.18. The predicted molar refractivity (Wildman–Crippen MR) is 120 cm³/mol. The van der Waals surface area contributed by atoms with Gasteiger partial charge in [-0.1, -0.05) is 29.8 Å². The number of hydrogen-bond donors (Lipinski definition) is 1. The summed E-state index contributed by atoms with van der Waals surface area (Å²) >= 11 is 6.06. The normalized spacial score (nSPS) is 15.6. The maximum atomic E-state index is 12.7. The van der Waals surface area contributed by atoms with Crippen molar-refractivity contribution in [2.24, 2.45) is 0 Å². The van der Waals surface area contributed by atoms with Crippen molar-refractivity contribution < 1.29 is 27.5 Å². The summed E-state index contributed by atoms with van der Waals surface area (Å²) in [6.45, 7) is -0.170. The fourth-order valence-electron chi connectivity index (χ4n) is 3.21. The third kappa shape index (κ3) is 6.52. The van der Waals surface area contributed by atoms with Gasteiger partial charge in [-0.25, -0.2) is 17.9 Å². The number of nitrogens with zero attached hydrogens (tertiary/aromatic N) is 2. The van der Waals surface area contributed by atoms with Crippen LogP contribution < -0.4 is 9.62 Å². The minimum atomic E-state index is -4.00. The second kappa shape index (κ2) is 11.2. The number of para-hydroxylation sites is 1. The van der Waals surface area contributed by atoms with Crippen LogP contribution in [0.3, 0.4) is 0 Å². The zero-order valence-electron chi connectivity index (χ0n) is 17.6. The largest absolute Gasteiger partial charge is 0.452 e. The molecule has 33 heavy (non-hydrogen) atoms. The van der Waals surface area contributed by atoms with Crippen LogP contribution in [0.1, 0.15) is 23.2 Å². The Kier molecular flexibility index (Phi) is 8.41. The van der Waals surface area contributed by atoms with E-state index in [-0.39, 0.29) is 34.7 Å². The molecule has 11 heteroatoms. The molecule has 0 aromatic heterocycles. The molecule has 2 aromatic carbocycles. The number of hydrogen-bond acceptors (Lipinski definition) is 7. The van der Waals surface area contributed by atoms with E-state index in [9.17, 15) is 18.0 Å². The first-order valence-electron chi connectivity index (χ1n) is 10.1. The summed E-state index contributed by atoms with van der Waals surface area (Å²) in [7, 11) is -4.00. The van der Waals surface area contributed by atoms with Gasteiger partial charge in [0.2, 0.25) is 10.0 Å². The van der Waals surface area contributed by atoms with Gasteiger partial charge in [-0.2, -0.15) is 5.26 Å². The Hall–Kier alpha value is -2.97. The quantitative estimate of drug-likeness (QED) is 0.422. The molecule has 1 amide bonds. The van der Waals surface area contributed by atoms with E-state index in [1.165, 1.54) is 17.0 Å². The summed E-state index contributed by atoms with van der Waals surface area (Å²) in [5, 5.41) is 8.95. The highest BCUT2D eigenvalue weighted by Crippen LogP contribution is 2.24. The van der Waals surface area contributed by atoms with Gasteiger partial charge in [-0.15, -0.1) is 0 Å². The van der Waals surface area contributed by atoms with Crippen molar-refractivity contribution in [2.45, 2.75) is 23.8 Å². The number of carbonyl (C=O) groups is 2. The highest BCUT2D eigenvalue weighted by Gasteiger charge is 2.24. The van der Waals surface area contributed by atoms with Crippen LogP contribution in [0.15, 0.2) is 53.4 Å². The molecule has 1 aliphatic heterocycles. The Morgan fingerprint density at radius 3 is 2.67 bits per heavy atom. The molecule has 1 fully saturated rings. The van der Waals surface area contributed by atoms with Crippen molar-refractivity contribution in [1.29, 1.82) is 5.26 Å². The number of halogens is 1. The van der Waals surface area contributed by atoms with Crippen molar-refractivity contribution in [3.8, 4) is 6.07 Å². The molecule has 0 bridgehead atoms. The van der Waals surface area contributed by atoms with E-state index in [1.807, 2.05) is 6.07 Å². The number of nitriles is 1. The van der Waals surface area contributed by atoms with Gasteiger partial charge in [-0.05, 0) is 43.2 Å². The lowest BCUT2D eigenvalue weighted by molar-refractivity contribution is -0.121. The monoisotopic (exact) mass is 491 g/mol. The van der Waals surface area contributed by atoms with Crippen molar-refractivity contribution in [3.63, 3.8) is 0 Å². The standard InChI is InChI=1S/C22H22ClN3O6S/c23-19-9-8-16(13-20(19)33(29,30)25-14-18-7-4-12-31-18)22(28)32-15-21(27)26(11-10-24)17-5-2-1-3-6-17/h1-3,5-6,8-9,13,18,25H,4,7,11-12,14-15H2/t18-/m0/s1. The minimum Gasteiger partial charge on any atom is -0.452 e. The third-order valence-electron chi connectivity index (χ3n) is 4.91. The van der Waals surface area contributed by atoms with Crippen molar-refractivity contribution >= 4 is 39.2 Å². The lowest BCUT2D eigenvalue weighted by Gasteiger charge is -2.19. The highest BCUT2D eigenvalue weighted by atomic mass is 35.5. The average molecular weight is 492 g/mol. The lowest BCUT2D eigenvalue weighted by atomic mass is 10.2. The van der Waals surface area contributed by atoms with Gasteiger partial charge in [-0.3, -0.25) is 9.69 Å². The number of anilines is 1. The molecule has 0 spiro atoms. The minimum absolute atomic E-state index is 0.0632. The Balaban J connectivity index is 1.67. The van der Waals surface area contributed by atoms with Gasteiger partial charge in [0.1, 0.15) is 11.4 Å². The SMILES string of the molecule is N#CCN(C(=O)COC(=O)c1ccc(Cl)c(S(=O)(=O)NC[C@@H]2CCCO2)c1)c1ccccc1. The van der Waals surface area contributed by atoms with Crippen LogP contribution in [-0.2, 0) is 24.3 Å². The molecule has 1 aliphatic rings. The molecule has 0 radical (unpaired) electrons. The van der Waals surface area contributed by atoms with Crippen LogP contribution >= 0.6 is 11.6 Å². The molecule has 1 N–H and O–H groups in total. The fraction of sp³-hybridized carbons (Fsp3) is 0.318. The van der Waals surface area contributed by atoms with Crippen LogP contribution in [0.2, 0.25) is 5.02 Å². The van der Waals surface area contributed by atoms with Gasteiger partial charge in [0, 0.05) is 18.8 Å². The van der Waals surface area contributed by atoms with E-state index >= 15 is 0 Å². The number of amides is 1. The molecule has 1 heterocycles.